The second-order valence-electron chi connectivity index (χ2n) is 5.62. The molecule has 0 bridgehead atoms. The highest BCUT2D eigenvalue weighted by molar-refractivity contribution is 5.61. The molecule has 1 aromatic heterocycles. The van der Waals surface area contributed by atoms with Gasteiger partial charge < -0.3 is 14.8 Å². The van der Waals surface area contributed by atoms with E-state index >= 15 is 0 Å². The number of hydrogen-bond acceptors (Lipinski definition) is 5. The maximum atomic E-state index is 5.52. The van der Waals surface area contributed by atoms with E-state index in [1.807, 2.05) is 24.3 Å². The van der Waals surface area contributed by atoms with Crippen molar-refractivity contribution in [3.8, 4) is 22.9 Å². The molecule has 0 spiro atoms. The molecule has 1 aromatic carbocycles. The Labute approximate surface area is 137 Å². The van der Waals surface area contributed by atoms with Crippen molar-refractivity contribution in [2.24, 2.45) is 0 Å². The molecule has 2 heterocycles. The minimum atomic E-state index is 0.705. The summed E-state index contributed by atoms with van der Waals surface area (Å²) in [5, 5.41) is 3.37. The molecular formula is C18H23N3O2. The molecule has 122 valence electrons. The molecule has 0 atom stereocenters. The van der Waals surface area contributed by atoms with Gasteiger partial charge >= 0.3 is 0 Å². The SMILES string of the molecule is COc1ccc(-c2ccc(CN3CCNCC3)c(OC)n2)cc1. The van der Waals surface area contributed by atoms with Crippen molar-refractivity contribution in [2.45, 2.75) is 6.54 Å². The summed E-state index contributed by atoms with van der Waals surface area (Å²) in [6.07, 6.45) is 0. The molecule has 1 aliphatic heterocycles. The van der Waals surface area contributed by atoms with Crippen molar-refractivity contribution in [3.63, 3.8) is 0 Å². The van der Waals surface area contributed by atoms with Crippen LogP contribution in [0, 0.1) is 0 Å². The highest BCUT2D eigenvalue weighted by atomic mass is 16.5. The number of ether oxygens (including phenoxy) is 2. The van der Waals surface area contributed by atoms with E-state index in [-0.39, 0.29) is 0 Å². The highest BCUT2D eigenvalue weighted by Crippen LogP contribution is 2.25. The van der Waals surface area contributed by atoms with Crippen LogP contribution in [0.2, 0.25) is 0 Å². The van der Waals surface area contributed by atoms with Gasteiger partial charge in [-0.05, 0) is 30.3 Å². The van der Waals surface area contributed by atoms with Gasteiger partial charge in [0, 0.05) is 43.9 Å². The molecule has 2 aromatic rings. The van der Waals surface area contributed by atoms with E-state index in [0.717, 1.165) is 55.3 Å². The molecule has 0 amide bonds. The Morgan fingerprint density at radius 3 is 2.39 bits per heavy atom. The fourth-order valence-electron chi connectivity index (χ4n) is 2.80. The Morgan fingerprint density at radius 1 is 1.00 bits per heavy atom. The number of nitrogens with one attached hydrogen (secondary N) is 1. The minimum Gasteiger partial charge on any atom is -0.497 e. The van der Waals surface area contributed by atoms with E-state index in [0.29, 0.717) is 5.88 Å². The summed E-state index contributed by atoms with van der Waals surface area (Å²) in [5.41, 5.74) is 3.10. The van der Waals surface area contributed by atoms with E-state index in [1.54, 1.807) is 14.2 Å². The zero-order chi connectivity index (χ0) is 16.1. The van der Waals surface area contributed by atoms with Gasteiger partial charge in [-0.1, -0.05) is 6.07 Å². The Bertz CT molecular complexity index is 637. The van der Waals surface area contributed by atoms with Crippen molar-refractivity contribution >= 4 is 0 Å². The lowest BCUT2D eigenvalue weighted by Crippen LogP contribution is -2.42. The van der Waals surface area contributed by atoms with Crippen LogP contribution in [0.3, 0.4) is 0 Å². The zero-order valence-electron chi connectivity index (χ0n) is 13.7. The minimum absolute atomic E-state index is 0.705. The van der Waals surface area contributed by atoms with Crippen LogP contribution in [0.25, 0.3) is 11.3 Å². The summed E-state index contributed by atoms with van der Waals surface area (Å²) >= 11 is 0. The van der Waals surface area contributed by atoms with Crippen LogP contribution in [0.5, 0.6) is 11.6 Å². The Hall–Kier alpha value is -2.11. The third-order valence-electron chi connectivity index (χ3n) is 4.12. The van der Waals surface area contributed by atoms with Gasteiger partial charge in [-0.2, -0.15) is 0 Å². The van der Waals surface area contributed by atoms with Crippen LogP contribution < -0.4 is 14.8 Å². The van der Waals surface area contributed by atoms with Crippen LogP contribution in [0.1, 0.15) is 5.56 Å². The summed E-state index contributed by atoms with van der Waals surface area (Å²) in [6, 6.07) is 12.1. The average molecular weight is 313 g/mol. The summed E-state index contributed by atoms with van der Waals surface area (Å²) in [7, 11) is 3.35. The molecule has 0 aliphatic carbocycles. The summed E-state index contributed by atoms with van der Waals surface area (Å²) < 4.78 is 10.7. The number of rotatable bonds is 5. The predicted molar refractivity (Wildman–Crippen MR) is 90.9 cm³/mol. The third kappa shape index (κ3) is 3.81. The summed E-state index contributed by atoms with van der Waals surface area (Å²) in [5.74, 6) is 1.55. The maximum absolute atomic E-state index is 5.52. The van der Waals surface area contributed by atoms with Gasteiger partial charge in [0.15, 0.2) is 0 Å². The zero-order valence-corrected chi connectivity index (χ0v) is 13.7. The number of hydrogen-bond donors (Lipinski definition) is 1. The van der Waals surface area contributed by atoms with Crippen LogP contribution in [-0.2, 0) is 6.54 Å². The second-order valence-corrected chi connectivity index (χ2v) is 5.62. The average Bonchev–Trinajstić information content (AvgIpc) is 2.63. The number of aromatic nitrogens is 1. The van der Waals surface area contributed by atoms with Crippen LogP contribution in [0.4, 0.5) is 0 Å². The molecule has 5 nitrogen and oxygen atoms in total. The summed E-state index contributed by atoms with van der Waals surface area (Å²) in [4.78, 5) is 7.10. The van der Waals surface area contributed by atoms with Crippen LogP contribution in [0.15, 0.2) is 36.4 Å². The van der Waals surface area contributed by atoms with Crippen molar-refractivity contribution in [2.75, 3.05) is 40.4 Å². The lowest BCUT2D eigenvalue weighted by atomic mass is 10.1. The molecule has 1 aliphatic rings. The quantitative estimate of drug-likeness (QED) is 0.917. The normalized spacial score (nSPS) is 15.4. The molecule has 1 fully saturated rings. The monoisotopic (exact) mass is 313 g/mol. The van der Waals surface area contributed by atoms with Crippen molar-refractivity contribution in [1.29, 1.82) is 0 Å². The lowest BCUT2D eigenvalue weighted by Gasteiger charge is -2.27. The lowest BCUT2D eigenvalue weighted by molar-refractivity contribution is 0.229. The van der Waals surface area contributed by atoms with E-state index in [2.05, 4.69) is 27.3 Å². The predicted octanol–water partition coefficient (Wildman–Crippen LogP) is 2.17. The molecule has 5 heteroatoms. The first-order valence-electron chi connectivity index (χ1n) is 7.91. The largest absolute Gasteiger partial charge is 0.497 e. The number of piperazine rings is 1. The maximum Gasteiger partial charge on any atom is 0.218 e. The van der Waals surface area contributed by atoms with Crippen molar-refractivity contribution < 1.29 is 9.47 Å². The standard InChI is InChI=1S/C18H23N3O2/c1-22-16-6-3-14(4-7-16)17-8-5-15(18(20-17)23-2)13-21-11-9-19-10-12-21/h3-8,19H,9-13H2,1-2H3. The van der Waals surface area contributed by atoms with Gasteiger partial charge in [0.25, 0.3) is 0 Å². The van der Waals surface area contributed by atoms with E-state index in [1.165, 1.54) is 0 Å². The first-order valence-corrected chi connectivity index (χ1v) is 7.91. The van der Waals surface area contributed by atoms with E-state index in [4.69, 9.17) is 9.47 Å². The van der Waals surface area contributed by atoms with E-state index < -0.39 is 0 Å². The van der Waals surface area contributed by atoms with Gasteiger partial charge in [0.2, 0.25) is 5.88 Å². The van der Waals surface area contributed by atoms with Crippen LogP contribution >= 0.6 is 0 Å². The molecule has 0 radical (unpaired) electrons. The topological polar surface area (TPSA) is 46.6 Å². The van der Waals surface area contributed by atoms with E-state index in [9.17, 15) is 0 Å². The first-order chi connectivity index (χ1) is 11.3. The van der Waals surface area contributed by atoms with Gasteiger partial charge in [-0.3, -0.25) is 4.90 Å². The fourth-order valence-corrected chi connectivity index (χ4v) is 2.80. The number of benzene rings is 1. The Kier molecular flexibility index (Phi) is 5.10. The number of pyridine rings is 1. The van der Waals surface area contributed by atoms with Crippen LogP contribution in [-0.4, -0.2) is 50.3 Å². The first kappa shape index (κ1) is 15.8. The molecule has 0 unspecified atom stereocenters. The van der Waals surface area contributed by atoms with Gasteiger partial charge in [-0.15, -0.1) is 0 Å². The van der Waals surface area contributed by atoms with Crippen molar-refractivity contribution in [3.05, 3.63) is 42.0 Å². The van der Waals surface area contributed by atoms with Gasteiger partial charge in [-0.25, -0.2) is 4.98 Å². The molecule has 23 heavy (non-hydrogen) atoms. The molecular weight excluding hydrogens is 290 g/mol. The molecule has 1 saturated heterocycles. The third-order valence-corrected chi connectivity index (χ3v) is 4.12. The smallest absolute Gasteiger partial charge is 0.218 e. The fraction of sp³-hybridized carbons (Fsp3) is 0.389. The molecule has 1 N–H and O–H groups in total. The molecule has 0 saturated carbocycles. The number of nitrogens with zero attached hydrogens (tertiary/aromatic N) is 2. The highest BCUT2D eigenvalue weighted by Gasteiger charge is 2.14. The Balaban J connectivity index is 1.80. The van der Waals surface area contributed by atoms with Gasteiger partial charge in [0.1, 0.15) is 5.75 Å². The molecule has 3 rings (SSSR count). The number of methoxy groups -OCH3 is 2. The summed E-state index contributed by atoms with van der Waals surface area (Å²) in [6.45, 7) is 5.08. The second kappa shape index (κ2) is 7.44. The van der Waals surface area contributed by atoms with Crippen molar-refractivity contribution in [1.82, 2.24) is 15.2 Å². The van der Waals surface area contributed by atoms with Gasteiger partial charge in [0.05, 0.1) is 19.9 Å². The Morgan fingerprint density at radius 2 is 1.74 bits per heavy atom.